The van der Waals surface area contributed by atoms with Crippen LogP contribution in [0.2, 0.25) is 0 Å². The predicted octanol–water partition coefficient (Wildman–Crippen LogP) is 1.20. The zero-order chi connectivity index (χ0) is 10.7. The summed E-state index contributed by atoms with van der Waals surface area (Å²) in [6.45, 7) is 3.85. The van der Waals surface area contributed by atoms with Gasteiger partial charge in [0.15, 0.2) is 0 Å². The summed E-state index contributed by atoms with van der Waals surface area (Å²) < 4.78 is 0. The minimum Gasteiger partial charge on any atom is -0.300 e. The second kappa shape index (κ2) is 4.49. The van der Waals surface area contributed by atoms with E-state index >= 15 is 0 Å². The number of aromatic nitrogens is 2. The second-order valence-corrected chi connectivity index (χ2v) is 3.92. The Kier molecular flexibility index (Phi) is 3.06. The maximum Gasteiger partial charge on any atom is 0.135 e. The highest BCUT2D eigenvalue weighted by Crippen LogP contribution is 2.21. The van der Waals surface area contributed by atoms with Gasteiger partial charge in [0, 0.05) is 49.9 Å². The molecule has 0 radical (unpaired) electrons. The number of hydrogen-bond acceptors (Lipinski definition) is 4. The molecule has 1 fully saturated rings. The van der Waals surface area contributed by atoms with Crippen molar-refractivity contribution in [2.45, 2.75) is 25.8 Å². The van der Waals surface area contributed by atoms with E-state index in [1.165, 1.54) is 6.33 Å². The van der Waals surface area contributed by atoms with Gasteiger partial charge >= 0.3 is 0 Å². The lowest BCUT2D eigenvalue weighted by Crippen LogP contribution is -2.35. The molecule has 1 aliphatic heterocycles. The molecule has 0 spiro atoms. The zero-order valence-corrected chi connectivity index (χ0v) is 8.89. The van der Waals surface area contributed by atoms with Crippen LogP contribution in [0.25, 0.3) is 0 Å². The molecule has 0 N–H and O–H groups in total. The van der Waals surface area contributed by atoms with Crippen molar-refractivity contribution in [1.29, 1.82) is 0 Å². The number of carbonyl (C=O) groups excluding carboxylic acids is 1. The third-order valence-electron chi connectivity index (χ3n) is 2.97. The van der Waals surface area contributed by atoms with Gasteiger partial charge in [0.1, 0.15) is 12.1 Å². The van der Waals surface area contributed by atoms with E-state index in [0.29, 0.717) is 24.7 Å². The Labute approximate surface area is 89.3 Å². The molecule has 0 bridgehead atoms. The summed E-state index contributed by atoms with van der Waals surface area (Å²) in [5, 5.41) is 0. The van der Waals surface area contributed by atoms with E-state index in [4.69, 9.17) is 0 Å². The van der Waals surface area contributed by atoms with Gasteiger partial charge in [-0.1, -0.05) is 0 Å². The van der Waals surface area contributed by atoms with E-state index < -0.39 is 0 Å². The smallest absolute Gasteiger partial charge is 0.135 e. The first-order chi connectivity index (χ1) is 7.27. The largest absolute Gasteiger partial charge is 0.300 e. The van der Waals surface area contributed by atoms with Gasteiger partial charge in [-0.3, -0.25) is 9.69 Å². The van der Waals surface area contributed by atoms with Crippen LogP contribution in [0.5, 0.6) is 0 Å². The molecule has 4 nitrogen and oxygen atoms in total. The summed E-state index contributed by atoms with van der Waals surface area (Å²) in [7, 11) is 0. The monoisotopic (exact) mass is 205 g/mol. The Morgan fingerprint density at radius 2 is 1.87 bits per heavy atom. The van der Waals surface area contributed by atoms with Gasteiger partial charge in [-0.25, -0.2) is 9.97 Å². The average molecular weight is 205 g/mol. The Morgan fingerprint density at radius 1 is 1.27 bits per heavy atom. The third-order valence-corrected chi connectivity index (χ3v) is 2.97. The van der Waals surface area contributed by atoms with Crippen LogP contribution >= 0.6 is 0 Å². The first-order valence-electron chi connectivity index (χ1n) is 5.28. The number of hydrogen-bond donors (Lipinski definition) is 0. The van der Waals surface area contributed by atoms with Gasteiger partial charge in [0.2, 0.25) is 0 Å². The molecular weight excluding hydrogens is 190 g/mol. The van der Waals surface area contributed by atoms with E-state index in [1.54, 1.807) is 0 Å². The first-order valence-corrected chi connectivity index (χ1v) is 5.28. The van der Waals surface area contributed by atoms with Crippen molar-refractivity contribution in [3.63, 3.8) is 0 Å². The maximum absolute atomic E-state index is 11.1. The molecule has 0 amide bonds. The van der Waals surface area contributed by atoms with Crippen LogP contribution < -0.4 is 0 Å². The summed E-state index contributed by atoms with van der Waals surface area (Å²) in [5.74, 6) is 0.378. The molecule has 0 aliphatic carbocycles. The Hall–Kier alpha value is -1.29. The van der Waals surface area contributed by atoms with E-state index in [-0.39, 0.29) is 0 Å². The summed E-state index contributed by atoms with van der Waals surface area (Å²) in [5.41, 5.74) is 1.12. The fourth-order valence-electron chi connectivity index (χ4n) is 1.90. The molecule has 1 aromatic rings. The molecule has 0 unspecified atom stereocenters. The summed E-state index contributed by atoms with van der Waals surface area (Å²) in [6.07, 6.45) is 6.58. The minimum absolute atomic E-state index is 0.305. The van der Waals surface area contributed by atoms with Crippen LogP contribution in [0.4, 0.5) is 0 Å². The van der Waals surface area contributed by atoms with Crippen LogP contribution in [0.1, 0.15) is 31.4 Å². The molecule has 1 aliphatic rings. The number of piperidine rings is 1. The first kappa shape index (κ1) is 10.2. The average Bonchev–Trinajstić information content (AvgIpc) is 2.30. The van der Waals surface area contributed by atoms with Crippen molar-refractivity contribution < 1.29 is 4.79 Å². The fourth-order valence-corrected chi connectivity index (χ4v) is 1.90. The lowest BCUT2D eigenvalue weighted by atomic mass is 10.0. The lowest BCUT2D eigenvalue weighted by molar-refractivity contribution is -0.121. The van der Waals surface area contributed by atoms with E-state index in [1.807, 2.05) is 12.4 Å². The van der Waals surface area contributed by atoms with Gasteiger partial charge < -0.3 is 0 Å². The molecule has 1 saturated heterocycles. The van der Waals surface area contributed by atoms with Crippen molar-refractivity contribution in [2.75, 3.05) is 13.1 Å². The van der Waals surface area contributed by atoms with Gasteiger partial charge in [0.25, 0.3) is 0 Å². The van der Waals surface area contributed by atoms with Gasteiger partial charge in [-0.15, -0.1) is 0 Å². The molecule has 15 heavy (non-hydrogen) atoms. The summed E-state index contributed by atoms with van der Waals surface area (Å²) in [6, 6.07) is 0.305. The topological polar surface area (TPSA) is 46.1 Å². The highest BCUT2D eigenvalue weighted by atomic mass is 16.1. The lowest BCUT2D eigenvalue weighted by Gasteiger charge is -2.31. The molecule has 1 aromatic heterocycles. The van der Waals surface area contributed by atoms with E-state index in [9.17, 15) is 4.79 Å². The zero-order valence-electron chi connectivity index (χ0n) is 8.89. The van der Waals surface area contributed by atoms with Crippen molar-refractivity contribution in [2.24, 2.45) is 0 Å². The molecule has 2 rings (SSSR count). The van der Waals surface area contributed by atoms with Crippen molar-refractivity contribution in [1.82, 2.24) is 14.9 Å². The van der Waals surface area contributed by atoms with Crippen LogP contribution in [-0.4, -0.2) is 33.7 Å². The van der Waals surface area contributed by atoms with Crippen LogP contribution in [0, 0.1) is 0 Å². The Bertz CT molecular complexity index is 329. The van der Waals surface area contributed by atoms with Crippen molar-refractivity contribution >= 4 is 5.78 Å². The standard InChI is InChI=1S/C11H15N3O/c1-9(10-6-12-8-13-7-10)14-4-2-11(15)3-5-14/h6-9H,2-5H2,1H3/t9-/m0/s1. The summed E-state index contributed by atoms with van der Waals surface area (Å²) in [4.78, 5) is 21.4. The molecule has 2 heterocycles. The number of nitrogens with zero attached hydrogens (tertiary/aromatic N) is 3. The number of ketones is 1. The summed E-state index contributed by atoms with van der Waals surface area (Å²) >= 11 is 0. The molecule has 0 aromatic carbocycles. The van der Waals surface area contributed by atoms with Gasteiger partial charge in [0.05, 0.1) is 0 Å². The Morgan fingerprint density at radius 3 is 2.47 bits per heavy atom. The molecule has 4 heteroatoms. The fraction of sp³-hybridized carbons (Fsp3) is 0.545. The van der Waals surface area contributed by atoms with Crippen LogP contribution in [-0.2, 0) is 4.79 Å². The molecular formula is C11H15N3O. The maximum atomic E-state index is 11.1. The quantitative estimate of drug-likeness (QED) is 0.728. The molecule has 80 valence electrons. The minimum atomic E-state index is 0.305. The number of likely N-dealkylation sites (tertiary alicyclic amines) is 1. The highest BCUT2D eigenvalue weighted by molar-refractivity contribution is 5.79. The SMILES string of the molecule is C[C@@H](c1cncnc1)N1CCC(=O)CC1. The third kappa shape index (κ3) is 2.39. The molecule has 1 atom stereocenters. The molecule has 0 saturated carbocycles. The normalized spacial score (nSPS) is 20.2. The van der Waals surface area contributed by atoms with Gasteiger partial charge in [-0.05, 0) is 6.92 Å². The highest BCUT2D eigenvalue weighted by Gasteiger charge is 2.21. The predicted molar refractivity (Wildman–Crippen MR) is 56.3 cm³/mol. The van der Waals surface area contributed by atoms with E-state index in [0.717, 1.165) is 18.7 Å². The number of carbonyl (C=O) groups is 1. The second-order valence-electron chi connectivity index (χ2n) is 3.92. The number of rotatable bonds is 2. The Balaban J connectivity index is 2.02. The van der Waals surface area contributed by atoms with Gasteiger partial charge in [-0.2, -0.15) is 0 Å². The van der Waals surface area contributed by atoms with Crippen molar-refractivity contribution in [3.05, 3.63) is 24.3 Å². The number of Topliss-reactive ketones (excluding diaryl/α,β-unsaturated/α-hetero) is 1. The van der Waals surface area contributed by atoms with E-state index in [2.05, 4.69) is 21.8 Å². The van der Waals surface area contributed by atoms with Crippen LogP contribution in [0.3, 0.4) is 0 Å². The van der Waals surface area contributed by atoms with Crippen LogP contribution in [0.15, 0.2) is 18.7 Å². The van der Waals surface area contributed by atoms with Crippen molar-refractivity contribution in [3.8, 4) is 0 Å².